The number of aromatic nitrogens is 1. The summed E-state index contributed by atoms with van der Waals surface area (Å²) in [6.07, 6.45) is 1.60. The molecule has 0 aliphatic heterocycles. The predicted octanol–water partition coefficient (Wildman–Crippen LogP) is 2.05. The van der Waals surface area contributed by atoms with Crippen molar-refractivity contribution in [1.29, 1.82) is 0 Å². The van der Waals surface area contributed by atoms with Crippen LogP contribution in [0.5, 0.6) is 0 Å². The minimum atomic E-state index is -0.151. The molecule has 0 radical (unpaired) electrons. The van der Waals surface area contributed by atoms with Crippen molar-refractivity contribution in [1.82, 2.24) is 4.98 Å². The molecule has 15 heavy (non-hydrogen) atoms. The van der Waals surface area contributed by atoms with Crippen molar-refractivity contribution in [2.24, 2.45) is 0 Å². The van der Waals surface area contributed by atoms with Gasteiger partial charge in [-0.3, -0.25) is 4.79 Å². The van der Waals surface area contributed by atoms with Gasteiger partial charge in [0.2, 0.25) is 5.91 Å². The Morgan fingerprint density at radius 1 is 1.67 bits per heavy atom. The van der Waals surface area contributed by atoms with Gasteiger partial charge in [-0.1, -0.05) is 6.58 Å². The number of rotatable bonds is 4. The zero-order valence-electron chi connectivity index (χ0n) is 8.91. The van der Waals surface area contributed by atoms with Gasteiger partial charge < -0.3 is 10.1 Å². The molecule has 1 rings (SSSR count). The van der Waals surface area contributed by atoms with Crippen molar-refractivity contribution in [3.05, 3.63) is 30.5 Å². The van der Waals surface area contributed by atoms with Gasteiger partial charge in [-0.2, -0.15) is 0 Å². The minimum Gasteiger partial charge on any atom is -0.494 e. The van der Waals surface area contributed by atoms with Gasteiger partial charge in [0.25, 0.3) is 0 Å². The van der Waals surface area contributed by atoms with E-state index in [1.54, 1.807) is 18.3 Å². The van der Waals surface area contributed by atoms with Crippen LogP contribution in [-0.2, 0) is 9.53 Å². The molecule has 0 aliphatic carbocycles. The average Bonchev–Trinajstić information content (AvgIpc) is 2.17. The number of anilines is 1. The van der Waals surface area contributed by atoms with Crippen molar-refractivity contribution in [3.8, 4) is 0 Å². The summed E-state index contributed by atoms with van der Waals surface area (Å²) in [5.74, 6) is 0.925. The van der Waals surface area contributed by atoms with E-state index in [4.69, 9.17) is 4.74 Å². The van der Waals surface area contributed by atoms with Crippen LogP contribution in [0, 0.1) is 0 Å². The monoisotopic (exact) mass is 206 g/mol. The van der Waals surface area contributed by atoms with Crippen molar-refractivity contribution in [3.63, 3.8) is 0 Å². The molecular formula is C11H14N2O2. The number of hydrogen-bond donors (Lipinski definition) is 1. The van der Waals surface area contributed by atoms with Crippen LogP contribution in [0.15, 0.2) is 24.9 Å². The molecule has 0 saturated carbocycles. The van der Waals surface area contributed by atoms with Crippen molar-refractivity contribution < 1.29 is 9.53 Å². The molecule has 0 aliphatic rings. The first kappa shape index (κ1) is 11.2. The SMILES string of the molecule is C=C(OCC)c1ccnc(NC(C)=O)c1. The van der Waals surface area contributed by atoms with E-state index in [1.165, 1.54) is 6.92 Å². The summed E-state index contributed by atoms with van der Waals surface area (Å²) >= 11 is 0. The van der Waals surface area contributed by atoms with E-state index in [1.807, 2.05) is 6.92 Å². The van der Waals surface area contributed by atoms with Crippen LogP contribution in [0.3, 0.4) is 0 Å². The first-order valence-corrected chi connectivity index (χ1v) is 4.69. The van der Waals surface area contributed by atoms with Gasteiger partial charge in [0, 0.05) is 18.7 Å². The highest BCUT2D eigenvalue weighted by molar-refractivity contribution is 5.87. The van der Waals surface area contributed by atoms with Crippen LogP contribution in [0.4, 0.5) is 5.82 Å². The second-order valence-corrected chi connectivity index (χ2v) is 2.97. The maximum Gasteiger partial charge on any atom is 0.222 e. The van der Waals surface area contributed by atoms with E-state index in [0.29, 0.717) is 18.2 Å². The summed E-state index contributed by atoms with van der Waals surface area (Å²) < 4.78 is 5.25. The molecule has 0 unspecified atom stereocenters. The lowest BCUT2D eigenvalue weighted by molar-refractivity contribution is -0.114. The van der Waals surface area contributed by atoms with Gasteiger partial charge in [0.05, 0.1) is 6.61 Å². The highest BCUT2D eigenvalue weighted by Gasteiger charge is 2.02. The highest BCUT2D eigenvalue weighted by Crippen LogP contribution is 2.15. The number of ether oxygens (including phenoxy) is 1. The third-order valence-electron chi connectivity index (χ3n) is 1.70. The van der Waals surface area contributed by atoms with E-state index >= 15 is 0 Å². The molecule has 1 aromatic rings. The standard InChI is InChI=1S/C11H14N2O2/c1-4-15-8(2)10-5-6-12-11(7-10)13-9(3)14/h5-7H,2,4H2,1,3H3,(H,12,13,14). The summed E-state index contributed by atoms with van der Waals surface area (Å²) in [7, 11) is 0. The quantitative estimate of drug-likeness (QED) is 0.767. The molecule has 1 aromatic heterocycles. The zero-order valence-corrected chi connectivity index (χ0v) is 8.91. The van der Waals surface area contributed by atoms with Gasteiger partial charge in [0.15, 0.2) is 0 Å². The minimum absolute atomic E-state index is 0.151. The second kappa shape index (κ2) is 5.14. The van der Waals surface area contributed by atoms with Crippen molar-refractivity contribution in [2.75, 3.05) is 11.9 Å². The fourth-order valence-electron chi connectivity index (χ4n) is 1.11. The fourth-order valence-corrected chi connectivity index (χ4v) is 1.11. The fraction of sp³-hybridized carbons (Fsp3) is 0.273. The summed E-state index contributed by atoms with van der Waals surface area (Å²) in [6.45, 7) is 7.66. The number of pyridine rings is 1. The Morgan fingerprint density at radius 2 is 2.40 bits per heavy atom. The normalized spacial score (nSPS) is 9.47. The lowest BCUT2D eigenvalue weighted by Crippen LogP contribution is -2.07. The molecule has 1 N–H and O–H groups in total. The van der Waals surface area contributed by atoms with Gasteiger partial charge in [-0.15, -0.1) is 0 Å². The maximum absolute atomic E-state index is 10.8. The van der Waals surface area contributed by atoms with Crippen LogP contribution in [-0.4, -0.2) is 17.5 Å². The number of hydrogen-bond acceptors (Lipinski definition) is 3. The Morgan fingerprint density at radius 3 is 3.00 bits per heavy atom. The highest BCUT2D eigenvalue weighted by atomic mass is 16.5. The van der Waals surface area contributed by atoms with Crippen LogP contribution in [0.2, 0.25) is 0 Å². The van der Waals surface area contributed by atoms with Gasteiger partial charge in [0.1, 0.15) is 11.6 Å². The number of carbonyl (C=O) groups excluding carboxylic acids is 1. The van der Waals surface area contributed by atoms with Gasteiger partial charge in [-0.25, -0.2) is 4.98 Å². The first-order chi connectivity index (χ1) is 7.13. The lowest BCUT2D eigenvalue weighted by atomic mass is 10.2. The molecule has 1 amide bonds. The Hall–Kier alpha value is -1.84. The largest absolute Gasteiger partial charge is 0.494 e. The van der Waals surface area contributed by atoms with Crippen LogP contribution in [0.1, 0.15) is 19.4 Å². The summed E-state index contributed by atoms with van der Waals surface area (Å²) in [5, 5.41) is 2.60. The number of nitrogens with one attached hydrogen (secondary N) is 1. The number of amides is 1. The summed E-state index contributed by atoms with van der Waals surface area (Å²) in [6, 6.07) is 3.50. The number of nitrogens with zero attached hydrogens (tertiary/aromatic N) is 1. The van der Waals surface area contributed by atoms with Gasteiger partial charge in [-0.05, 0) is 19.1 Å². The first-order valence-electron chi connectivity index (χ1n) is 4.69. The Kier molecular flexibility index (Phi) is 3.85. The van der Waals surface area contributed by atoms with Crippen molar-refractivity contribution in [2.45, 2.75) is 13.8 Å². The maximum atomic E-state index is 10.8. The van der Waals surface area contributed by atoms with Crippen LogP contribution >= 0.6 is 0 Å². The molecular weight excluding hydrogens is 192 g/mol. The summed E-state index contributed by atoms with van der Waals surface area (Å²) in [4.78, 5) is 14.8. The van der Waals surface area contributed by atoms with E-state index in [9.17, 15) is 4.79 Å². The van der Waals surface area contributed by atoms with E-state index < -0.39 is 0 Å². The van der Waals surface area contributed by atoms with Crippen LogP contribution in [0.25, 0.3) is 5.76 Å². The predicted molar refractivity (Wildman–Crippen MR) is 59.2 cm³/mol. The third kappa shape index (κ3) is 3.42. The molecule has 0 bridgehead atoms. The zero-order chi connectivity index (χ0) is 11.3. The Bertz CT molecular complexity index is 375. The second-order valence-electron chi connectivity index (χ2n) is 2.97. The Labute approximate surface area is 89.0 Å². The average molecular weight is 206 g/mol. The lowest BCUT2D eigenvalue weighted by Gasteiger charge is -2.08. The molecule has 0 saturated heterocycles. The van der Waals surface area contributed by atoms with Gasteiger partial charge >= 0.3 is 0 Å². The molecule has 0 atom stereocenters. The third-order valence-corrected chi connectivity index (χ3v) is 1.70. The smallest absolute Gasteiger partial charge is 0.222 e. The Balaban J connectivity index is 2.82. The molecule has 80 valence electrons. The molecule has 0 fully saturated rings. The molecule has 0 spiro atoms. The number of carbonyl (C=O) groups is 1. The molecule has 4 heteroatoms. The van der Waals surface area contributed by atoms with Crippen molar-refractivity contribution >= 4 is 17.5 Å². The molecule has 4 nitrogen and oxygen atoms in total. The molecule has 1 heterocycles. The van der Waals surface area contributed by atoms with E-state index in [-0.39, 0.29) is 5.91 Å². The van der Waals surface area contributed by atoms with E-state index in [0.717, 1.165) is 5.56 Å². The molecule has 0 aromatic carbocycles. The topological polar surface area (TPSA) is 51.2 Å². The van der Waals surface area contributed by atoms with E-state index in [2.05, 4.69) is 16.9 Å². The van der Waals surface area contributed by atoms with Crippen LogP contribution < -0.4 is 5.32 Å². The summed E-state index contributed by atoms with van der Waals surface area (Å²) in [5.41, 5.74) is 0.815.